The van der Waals surface area contributed by atoms with Crippen molar-refractivity contribution in [3.63, 3.8) is 0 Å². The van der Waals surface area contributed by atoms with Gasteiger partial charge in [-0.25, -0.2) is 0 Å². The van der Waals surface area contributed by atoms with Crippen LogP contribution >= 0.6 is 0 Å². The fraction of sp³-hybridized carbons (Fsp3) is 0.419. The van der Waals surface area contributed by atoms with E-state index in [0.29, 0.717) is 0 Å². The van der Waals surface area contributed by atoms with Gasteiger partial charge in [-0.3, -0.25) is 9.69 Å². The summed E-state index contributed by atoms with van der Waals surface area (Å²) in [5.41, 5.74) is 7.41. The summed E-state index contributed by atoms with van der Waals surface area (Å²) in [6, 6.07) is 20.9. The molecule has 0 radical (unpaired) electrons. The molecule has 2 aliphatic rings. The summed E-state index contributed by atoms with van der Waals surface area (Å²) in [6.07, 6.45) is 0.967. The van der Waals surface area contributed by atoms with Gasteiger partial charge in [0.05, 0.1) is 11.3 Å². The van der Waals surface area contributed by atoms with Crippen LogP contribution in [0, 0.1) is 25.2 Å². The van der Waals surface area contributed by atoms with Crippen LogP contribution in [0.15, 0.2) is 54.6 Å². The molecular formula is C31H38N6O. The predicted molar refractivity (Wildman–Crippen MR) is 153 cm³/mol. The van der Waals surface area contributed by atoms with Crippen molar-refractivity contribution in [2.45, 2.75) is 26.8 Å². The number of hydrogen-bond acceptors (Lipinski definition) is 5. The molecule has 2 fully saturated rings. The largest absolute Gasteiger partial charge is 0.370 e. The zero-order valence-electron chi connectivity index (χ0n) is 22.9. The molecular weight excluding hydrogens is 472 g/mol. The minimum atomic E-state index is 0.130. The van der Waals surface area contributed by atoms with Crippen molar-refractivity contribution >= 4 is 17.3 Å². The fourth-order valence-corrected chi connectivity index (χ4v) is 5.66. The lowest BCUT2D eigenvalue weighted by Gasteiger charge is -2.36. The quantitative estimate of drug-likeness (QED) is 0.515. The van der Waals surface area contributed by atoms with Crippen molar-refractivity contribution < 1.29 is 4.79 Å². The Hall–Kier alpha value is -3.76. The Morgan fingerprint density at radius 1 is 0.868 bits per heavy atom. The number of nitriles is 1. The van der Waals surface area contributed by atoms with Crippen LogP contribution in [0.2, 0.25) is 0 Å². The van der Waals surface area contributed by atoms with Crippen LogP contribution in [0.1, 0.15) is 39.3 Å². The highest BCUT2D eigenvalue weighted by Crippen LogP contribution is 2.24. The number of hydrogen-bond donors (Lipinski definition) is 0. The summed E-state index contributed by atoms with van der Waals surface area (Å²) in [5, 5.41) is 9.46. The van der Waals surface area contributed by atoms with Gasteiger partial charge in [-0.05, 0) is 56.2 Å². The van der Waals surface area contributed by atoms with Crippen LogP contribution in [0.4, 0.5) is 11.4 Å². The van der Waals surface area contributed by atoms with E-state index >= 15 is 0 Å². The average Bonchev–Trinajstić information content (AvgIpc) is 3.10. The second-order valence-corrected chi connectivity index (χ2v) is 10.6. The van der Waals surface area contributed by atoms with E-state index < -0.39 is 0 Å². The first-order valence-electron chi connectivity index (χ1n) is 13.7. The van der Waals surface area contributed by atoms with Crippen LogP contribution in [0.3, 0.4) is 0 Å². The lowest BCUT2D eigenvalue weighted by Crippen LogP contribution is -2.46. The molecule has 2 aromatic carbocycles. The Kier molecular flexibility index (Phi) is 7.71. The molecule has 0 atom stereocenters. The zero-order valence-corrected chi connectivity index (χ0v) is 22.9. The van der Waals surface area contributed by atoms with Gasteiger partial charge in [0, 0.05) is 77.3 Å². The number of para-hydroxylation sites is 1. The van der Waals surface area contributed by atoms with Gasteiger partial charge in [0.1, 0.15) is 11.8 Å². The Labute approximate surface area is 226 Å². The van der Waals surface area contributed by atoms with Gasteiger partial charge < -0.3 is 19.3 Å². The molecule has 0 saturated carbocycles. The number of amides is 1. The summed E-state index contributed by atoms with van der Waals surface area (Å²) in [6.45, 7) is 12.0. The monoisotopic (exact) mass is 510 g/mol. The molecule has 7 heteroatoms. The average molecular weight is 511 g/mol. The molecule has 2 saturated heterocycles. The number of piperazine rings is 1. The maximum atomic E-state index is 13.6. The first-order chi connectivity index (χ1) is 18.4. The lowest BCUT2D eigenvalue weighted by molar-refractivity contribution is 0.0757. The molecule has 1 aromatic heterocycles. The Morgan fingerprint density at radius 3 is 2.32 bits per heavy atom. The van der Waals surface area contributed by atoms with E-state index in [-0.39, 0.29) is 5.91 Å². The van der Waals surface area contributed by atoms with E-state index in [4.69, 9.17) is 0 Å². The highest BCUT2D eigenvalue weighted by atomic mass is 16.2. The van der Waals surface area contributed by atoms with Gasteiger partial charge in [-0.15, -0.1) is 0 Å². The third-order valence-corrected chi connectivity index (χ3v) is 8.17. The van der Waals surface area contributed by atoms with Gasteiger partial charge in [0.15, 0.2) is 0 Å². The van der Waals surface area contributed by atoms with E-state index in [1.165, 1.54) is 16.8 Å². The van der Waals surface area contributed by atoms with E-state index in [0.717, 1.165) is 88.0 Å². The fourth-order valence-electron chi connectivity index (χ4n) is 5.66. The summed E-state index contributed by atoms with van der Waals surface area (Å²) < 4.78 is 2.07. The Bertz CT molecular complexity index is 1310. The Balaban J connectivity index is 1.21. The zero-order chi connectivity index (χ0) is 26.6. The van der Waals surface area contributed by atoms with Crippen molar-refractivity contribution in [3.8, 4) is 6.07 Å². The molecule has 1 amide bonds. The molecule has 198 valence electrons. The van der Waals surface area contributed by atoms with Crippen LogP contribution in [-0.2, 0) is 13.6 Å². The lowest BCUT2D eigenvalue weighted by atomic mass is 10.1. The first-order valence-corrected chi connectivity index (χ1v) is 13.7. The number of carbonyl (C=O) groups is 1. The van der Waals surface area contributed by atoms with Gasteiger partial charge in [0.25, 0.3) is 5.91 Å². The molecule has 0 N–H and O–H groups in total. The summed E-state index contributed by atoms with van der Waals surface area (Å²) in [5.74, 6) is 0.130. The molecule has 0 bridgehead atoms. The highest BCUT2D eigenvalue weighted by Gasteiger charge is 2.26. The smallest absolute Gasteiger partial charge is 0.270 e. The molecule has 3 aromatic rings. The third kappa shape index (κ3) is 5.41. The molecule has 2 aliphatic heterocycles. The second kappa shape index (κ2) is 11.3. The number of aryl methyl sites for hydroxylation is 1. The molecule has 0 spiro atoms. The molecule has 38 heavy (non-hydrogen) atoms. The molecule has 3 heterocycles. The highest BCUT2D eigenvalue weighted by molar-refractivity contribution is 5.93. The van der Waals surface area contributed by atoms with E-state index in [1.54, 1.807) is 0 Å². The Morgan fingerprint density at radius 2 is 1.58 bits per heavy atom. The number of benzene rings is 2. The van der Waals surface area contributed by atoms with E-state index in [2.05, 4.69) is 69.5 Å². The summed E-state index contributed by atoms with van der Waals surface area (Å²) in [4.78, 5) is 22.8. The van der Waals surface area contributed by atoms with E-state index in [1.807, 2.05) is 36.2 Å². The normalized spacial score (nSPS) is 16.8. The predicted octanol–water partition coefficient (Wildman–Crippen LogP) is 4.19. The van der Waals surface area contributed by atoms with Crippen molar-refractivity contribution in [2.75, 3.05) is 62.2 Å². The van der Waals surface area contributed by atoms with Crippen molar-refractivity contribution in [3.05, 3.63) is 82.7 Å². The van der Waals surface area contributed by atoms with Gasteiger partial charge in [0.2, 0.25) is 0 Å². The standard InChI is InChI=1S/C31H38N6O/c1-24-9-11-28(12-10-24)35-13-6-14-37(20-19-35)31(38)30-21-27(25(2)33(30)3)23-34-15-17-36(18-16-34)29-8-5-4-7-26(29)22-32/h4-5,7-12,21H,6,13-20,23H2,1-3H3. The van der Waals surface area contributed by atoms with Gasteiger partial charge in [-0.2, -0.15) is 5.26 Å². The van der Waals surface area contributed by atoms with Crippen LogP contribution in [-0.4, -0.2) is 72.6 Å². The number of carbonyl (C=O) groups excluding carboxylic acids is 1. The molecule has 5 rings (SSSR count). The molecule has 0 aliphatic carbocycles. The minimum absolute atomic E-state index is 0.130. The maximum absolute atomic E-state index is 13.6. The number of rotatable bonds is 5. The summed E-state index contributed by atoms with van der Waals surface area (Å²) in [7, 11) is 2.01. The topological polar surface area (TPSA) is 58.8 Å². The third-order valence-electron chi connectivity index (χ3n) is 8.17. The number of anilines is 2. The number of aromatic nitrogens is 1. The SMILES string of the molecule is Cc1ccc(N2CCCN(C(=O)c3cc(CN4CCN(c5ccccc5C#N)CC4)c(C)n3C)CC2)cc1. The van der Waals surface area contributed by atoms with Gasteiger partial charge >= 0.3 is 0 Å². The van der Waals surface area contributed by atoms with Crippen molar-refractivity contribution in [2.24, 2.45) is 7.05 Å². The molecule has 0 unspecified atom stereocenters. The minimum Gasteiger partial charge on any atom is -0.370 e. The van der Waals surface area contributed by atoms with Crippen LogP contribution < -0.4 is 9.80 Å². The number of nitrogens with zero attached hydrogens (tertiary/aromatic N) is 6. The first kappa shape index (κ1) is 25.9. The molecule has 7 nitrogen and oxygen atoms in total. The van der Waals surface area contributed by atoms with Crippen molar-refractivity contribution in [1.82, 2.24) is 14.4 Å². The van der Waals surface area contributed by atoms with Crippen LogP contribution in [0.5, 0.6) is 0 Å². The maximum Gasteiger partial charge on any atom is 0.270 e. The van der Waals surface area contributed by atoms with Crippen molar-refractivity contribution in [1.29, 1.82) is 5.26 Å². The van der Waals surface area contributed by atoms with Crippen LogP contribution in [0.25, 0.3) is 0 Å². The van der Waals surface area contributed by atoms with Gasteiger partial charge in [-0.1, -0.05) is 29.8 Å². The van der Waals surface area contributed by atoms with E-state index in [9.17, 15) is 10.1 Å². The second-order valence-electron chi connectivity index (χ2n) is 10.6. The summed E-state index contributed by atoms with van der Waals surface area (Å²) >= 11 is 0.